The number of alkyl halides is 1. The molecule has 8 heavy (non-hydrogen) atoms. The third-order valence-corrected chi connectivity index (χ3v) is 1.97. The van der Waals surface area contributed by atoms with Crippen molar-refractivity contribution in [3.05, 3.63) is 0 Å². The van der Waals surface area contributed by atoms with Crippen molar-refractivity contribution in [1.29, 1.82) is 0 Å². The highest BCUT2D eigenvalue weighted by Gasteiger charge is 2.14. The molecule has 0 saturated carbocycles. The van der Waals surface area contributed by atoms with Crippen LogP contribution < -0.4 is 0 Å². The number of hydrogen-bond donors (Lipinski definition) is 1. The van der Waals surface area contributed by atoms with Gasteiger partial charge in [0, 0.05) is 0 Å². The fraction of sp³-hybridized carbons (Fsp3) is 1.00. The van der Waals surface area contributed by atoms with Crippen molar-refractivity contribution < 1.29 is 5.11 Å². The highest BCUT2D eigenvalue weighted by atomic mass is 35.5. The molecule has 0 saturated heterocycles. The molecule has 0 aliphatic carbocycles. The fourth-order valence-electron chi connectivity index (χ4n) is 0.557. The lowest BCUT2D eigenvalue weighted by Gasteiger charge is -2.15. The molecule has 2 atom stereocenters. The summed E-state index contributed by atoms with van der Waals surface area (Å²) >= 11 is 5.70. The fourth-order valence-corrected chi connectivity index (χ4v) is 0.557. The van der Waals surface area contributed by atoms with E-state index in [2.05, 4.69) is 0 Å². The van der Waals surface area contributed by atoms with Crippen LogP contribution >= 0.6 is 11.6 Å². The van der Waals surface area contributed by atoms with E-state index in [0.717, 1.165) is 0 Å². The molecule has 0 rings (SSSR count). The summed E-state index contributed by atoms with van der Waals surface area (Å²) in [5.74, 6) is 0.358. The lowest BCUT2D eigenvalue weighted by Crippen LogP contribution is -2.21. The van der Waals surface area contributed by atoms with Crippen LogP contribution in [0, 0.1) is 5.92 Å². The first-order chi connectivity index (χ1) is 3.55. The van der Waals surface area contributed by atoms with Gasteiger partial charge >= 0.3 is 0 Å². The Bertz CT molecular complexity index is 53.5. The molecule has 0 heterocycles. The van der Waals surface area contributed by atoms with Gasteiger partial charge in [-0.05, 0) is 12.8 Å². The van der Waals surface area contributed by atoms with Gasteiger partial charge in [-0.1, -0.05) is 13.8 Å². The van der Waals surface area contributed by atoms with Crippen LogP contribution in [0.15, 0.2) is 0 Å². The Morgan fingerprint density at radius 1 is 1.25 bits per heavy atom. The van der Waals surface area contributed by atoms with Crippen LogP contribution in [0.5, 0.6) is 0 Å². The second-order valence-electron chi connectivity index (χ2n) is 2.43. The number of aliphatic hydroxyl groups is 1. The van der Waals surface area contributed by atoms with Crippen molar-refractivity contribution in [3.8, 4) is 0 Å². The van der Waals surface area contributed by atoms with Gasteiger partial charge in [-0.2, -0.15) is 0 Å². The topological polar surface area (TPSA) is 20.2 Å². The summed E-state index contributed by atoms with van der Waals surface area (Å²) in [5, 5.41) is 8.76. The summed E-state index contributed by atoms with van der Waals surface area (Å²) in [4.78, 5) is 0. The van der Waals surface area contributed by atoms with Crippen LogP contribution in [0.4, 0.5) is 0 Å². The van der Waals surface area contributed by atoms with Gasteiger partial charge in [0.1, 0.15) is 0 Å². The van der Waals surface area contributed by atoms with Crippen molar-refractivity contribution in [2.24, 2.45) is 5.92 Å². The second-order valence-corrected chi connectivity index (χ2v) is 2.93. The van der Waals surface area contributed by atoms with E-state index in [4.69, 9.17) is 16.7 Å². The molecule has 0 aliphatic rings. The smallest absolute Gasteiger partial charge is 0.0678 e. The van der Waals surface area contributed by atoms with Crippen LogP contribution in [0.1, 0.15) is 20.8 Å². The van der Waals surface area contributed by atoms with E-state index < -0.39 is 6.10 Å². The Labute approximate surface area is 55.7 Å². The Morgan fingerprint density at radius 2 is 1.62 bits per heavy atom. The predicted octanol–water partition coefficient (Wildman–Crippen LogP) is 1.63. The zero-order chi connectivity index (χ0) is 6.73. The molecule has 1 N–H and O–H groups in total. The normalized spacial score (nSPS) is 18.8. The van der Waals surface area contributed by atoms with Crippen LogP contribution in [-0.4, -0.2) is 16.6 Å². The molecular formula is C6H13ClO. The highest BCUT2D eigenvalue weighted by Crippen LogP contribution is 2.12. The molecule has 0 aromatic carbocycles. The van der Waals surface area contributed by atoms with Crippen molar-refractivity contribution in [2.45, 2.75) is 32.3 Å². The molecule has 0 radical (unpaired) electrons. The molecule has 50 valence electrons. The zero-order valence-corrected chi connectivity index (χ0v) is 6.31. The van der Waals surface area contributed by atoms with Gasteiger partial charge in [0.05, 0.1) is 11.5 Å². The highest BCUT2D eigenvalue weighted by molar-refractivity contribution is 6.21. The first kappa shape index (κ1) is 8.25. The van der Waals surface area contributed by atoms with E-state index in [0.29, 0.717) is 5.92 Å². The molecule has 0 aromatic rings. The summed E-state index contributed by atoms with van der Waals surface area (Å²) < 4.78 is 0. The van der Waals surface area contributed by atoms with E-state index in [-0.39, 0.29) is 5.38 Å². The molecule has 0 aromatic heterocycles. The average Bonchev–Trinajstić information content (AvgIpc) is 1.64. The van der Waals surface area contributed by atoms with Crippen LogP contribution in [0.25, 0.3) is 0 Å². The maximum Gasteiger partial charge on any atom is 0.0678 e. The van der Waals surface area contributed by atoms with Gasteiger partial charge in [-0.3, -0.25) is 0 Å². The standard InChI is InChI=1S/C6H13ClO/c1-4(2)6(7)5(3)8/h4-6,8H,1-3H3/t5-,6+/m1/s1. The summed E-state index contributed by atoms with van der Waals surface area (Å²) in [6.45, 7) is 5.69. The Hall–Kier alpha value is 0.250. The maximum atomic E-state index is 8.86. The van der Waals surface area contributed by atoms with Crippen LogP contribution in [0.3, 0.4) is 0 Å². The lowest BCUT2D eigenvalue weighted by molar-refractivity contribution is 0.172. The number of aliphatic hydroxyl groups excluding tert-OH is 1. The lowest BCUT2D eigenvalue weighted by atomic mass is 10.1. The van der Waals surface area contributed by atoms with Gasteiger partial charge in [0.2, 0.25) is 0 Å². The van der Waals surface area contributed by atoms with Gasteiger partial charge in [-0.15, -0.1) is 11.6 Å². The van der Waals surface area contributed by atoms with Gasteiger partial charge in [0.15, 0.2) is 0 Å². The van der Waals surface area contributed by atoms with E-state index in [9.17, 15) is 0 Å². The number of rotatable bonds is 2. The molecule has 0 bridgehead atoms. The van der Waals surface area contributed by atoms with Gasteiger partial charge in [0.25, 0.3) is 0 Å². The molecule has 2 heteroatoms. The summed E-state index contributed by atoms with van der Waals surface area (Å²) in [6.07, 6.45) is -0.392. The minimum Gasteiger partial charge on any atom is -0.392 e. The van der Waals surface area contributed by atoms with Crippen LogP contribution in [-0.2, 0) is 0 Å². The van der Waals surface area contributed by atoms with E-state index in [1.807, 2.05) is 13.8 Å². The average molecular weight is 137 g/mol. The first-order valence-electron chi connectivity index (χ1n) is 2.88. The molecular weight excluding hydrogens is 124 g/mol. The van der Waals surface area contributed by atoms with Crippen molar-refractivity contribution in [2.75, 3.05) is 0 Å². The van der Waals surface area contributed by atoms with Crippen LogP contribution in [0.2, 0.25) is 0 Å². The molecule has 0 fully saturated rings. The minimum atomic E-state index is -0.392. The third-order valence-electron chi connectivity index (χ3n) is 1.10. The second kappa shape index (κ2) is 3.31. The van der Waals surface area contributed by atoms with E-state index in [1.54, 1.807) is 6.92 Å². The monoisotopic (exact) mass is 136 g/mol. The SMILES string of the molecule is CC(C)[C@H](Cl)[C@@H](C)O. The Morgan fingerprint density at radius 3 is 1.62 bits per heavy atom. The van der Waals surface area contributed by atoms with Crippen molar-refractivity contribution >= 4 is 11.6 Å². The Balaban J connectivity index is 3.46. The maximum absolute atomic E-state index is 8.86. The Kier molecular flexibility index (Phi) is 3.41. The zero-order valence-electron chi connectivity index (χ0n) is 5.56. The molecule has 0 amide bonds. The summed E-state index contributed by atoms with van der Waals surface area (Å²) in [5.41, 5.74) is 0. The predicted molar refractivity (Wildman–Crippen MR) is 36.2 cm³/mol. The van der Waals surface area contributed by atoms with Crippen molar-refractivity contribution in [3.63, 3.8) is 0 Å². The first-order valence-corrected chi connectivity index (χ1v) is 3.31. The van der Waals surface area contributed by atoms with E-state index >= 15 is 0 Å². The molecule has 0 aliphatic heterocycles. The third kappa shape index (κ3) is 2.53. The summed E-state index contributed by atoms with van der Waals surface area (Å²) in [6, 6.07) is 0. The van der Waals surface area contributed by atoms with E-state index in [1.165, 1.54) is 0 Å². The van der Waals surface area contributed by atoms with Gasteiger partial charge < -0.3 is 5.11 Å². The quantitative estimate of drug-likeness (QED) is 0.573. The number of hydrogen-bond acceptors (Lipinski definition) is 1. The summed E-state index contributed by atoms with van der Waals surface area (Å²) in [7, 11) is 0. The van der Waals surface area contributed by atoms with Gasteiger partial charge in [-0.25, -0.2) is 0 Å². The molecule has 0 spiro atoms. The van der Waals surface area contributed by atoms with Crippen molar-refractivity contribution in [1.82, 2.24) is 0 Å². The number of halogens is 1. The molecule has 1 nitrogen and oxygen atoms in total. The largest absolute Gasteiger partial charge is 0.392 e. The molecule has 0 unspecified atom stereocenters. The minimum absolute atomic E-state index is 0.102.